The summed E-state index contributed by atoms with van der Waals surface area (Å²) in [6.45, 7) is 1.84. The van der Waals surface area contributed by atoms with Crippen LogP contribution in [0.1, 0.15) is 28.5 Å². The number of hydrogen-bond acceptors (Lipinski definition) is 6. The number of anilines is 1. The molecule has 1 N–H and O–H groups in total. The van der Waals surface area contributed by atoms with Crippen LogP contribution < -0.4 is 14.8 Å². The molecule has 0 saturated carbocycles. The number of thiazole rings is 1. The van der Waals surface area contributed by atoms with E-state index in [2.05, 4.69) is 10.3 Å². The summed E-state index contributed by atoms with van der Waals surface area (Å²) in [6, 6.07) is 12.7. The van der Waals surface area contributed by atoms with Crippen molar-refractivity contribution in [2.45, 2.75) is 13.3 Å². The van der Waals surface area contributed by atoms with Gasteiger partial charge in [0, 0.05) is 40.6 Å². The Morgan fingerprint density at radius 3 is 2.48 bits per heavy atom. The molecule has 0 spiro atoms. The van der Waals surface area contributed by atoms with Crippen LogP contribution in [0.4, 0.5) is 5.13 Å². The summed E-state index contributed by atoms with van der Waals surface area (Å²) < 4.78 is 12.1. The number of nitrogens with one attached hydrogen (secondary N) is 1. The number of aromatic nitrogens is 2. The number of fused-ring (bicyclic) bond motifs is 1. The second-order valence-electron chi connectivity index (χ2n) is 6.80. The van der Waals surface area contributed by atoms with Crippen molar-refractivity contribution < 1.29 is 19.1 Å². The average molecular weight is 436 g/mol. The minimum absolute atomic E-state index is 0.0515. The van der Waals surface area contributed by atoms with Crippen LogP contribution in [-0.2, 0) is 0 Å². The molecule has 1 amide bonds. The zero-order valence-electron chi connectivity index (χ0n) is 17.3. The quantitative estimate of drug-likeness (QED) is 0.456. The smallest absolute Gasteiger partial charge is 0.257 e. The number of hydrogen-bond donors (Lipinski definition) is 1. The van der Waals surface area contributed by atoms with Crippen molar-refractivity contribution in [2.75, 3.05) is 19.5 Å². The maximum Gasteiger partial charge on any atom is 0.257 e. The SMILES string of the molecule is CCC(=O)n1ccc2cc(-c3csc(NC(=O)c4cc(OC)cc(OC)c4)n3)ccc21. The molecular weight excluding hydrogens is 414 g/mol. The van der Waals surface area contributed by atoms with Crippen molar-refractivity contribution in [3.8, 4) is 22.8 Å². The minimum atomic E-state index is -0.302. The molecule has 0 aliphatic rings. The Labute approximate surface area is 183 Å². The number of nitrogens with zero attached hydrogens (tertiary/aromatic N) is 2. The highest BCUT2D eigenvalue weighted by Gasteiger charge is 2.14. The fourth-order valence-electron chi connectivity index (χ4n) is 3.26. The van der Waals surface area contributed by atoms with Gasteiger partial charge >= 0.3 is 0 Å². The Bertz CT molecular complexity index is 1250. The van der Waals surface area contributed by atoms with E-state index in [4.69, 9.17) is 9.47 Å². The zero-order chi connectivity index (χ0) is 22.0. The normalized spacial score (nSPS) is 10.8. The summed E-state index contributed by atoms with van der Waals surface area (Å²) in [4.78, 5) is 29.3. The van der Waals surface area contributed by atoms with Gasteiger partial charge in [0.05, 0.1) is 25.4 Å². The molecule has 0 aliphatic heterocycles. The summed E-state index contributed by atoms with van der Waals surface area (Å²) in [5.41, 5.74) is 2.94. The van der Waals surface area contributed by atoms with Crippen LogP contribution >= 0.6 is 11.3 Å². The summed E-state index contributed by atoms with van der Waals surface area (Å²) in [6.07, 6.45) is 2.23. The molecule has 4 aromatic rings. The van der Waals surface area contributed by atoms with E-state index in [0.29, 0.717) is 28.6 Å². The van der Waals surface area contributed by atoms with Crippen LogP contribution in [-0.4, -0.2) is 35.6 Å². The fourth-order valence-corrected chi connectivity index (χ4v) is 3.98. The highest BCUT2D eigenvalue weighted by molar-refractivity contribution is 7.14. The highest BCUT2D eigenvalue weighted by Crippen LogP contribution is 2.29. The highest BCUT2D eigenvalue weighted by atomic mass is 32.1. The topological polar surface area (TPSA) is 82.5 Å². The van der Waals surface area contributed by atoms with Gasteiger partial charge in [0.15, 0.2) is 5.13 Å². The summed E-state index contributed by atoms with van der Waals surface area (Å²) in [7, 11) is 3.07. The molecule has 2 heterocycles. The lowest BCUT2D eigenvalue weighted by molar-refractivity contribution is 0.0913. The molecule has 7 nitrogen and oxygen atoms in total. The van der Waals surface area contributed by atoms with Crippen molar-refractivity contribution in [1.82, 2.24) is 9.55 Å². The molecule has 8 heteroatoms. The monoisotopic (exact) mass is 435 g/mol. The zero-order valence-corrected chi connectivity index (χ0v) is 18.2. The summed E-state index contributed by atoms with van der Waals surface area (Å²) in [5, 5.41) is 6.16. The molecule has 0 radical (unpaired) electrons. The average Bonchev–Trinajstić information content (AvgIpc) is 3.44. The van der Waals surface area contributed by atoms with Gasteiger partial charge in [-0.25, -0.2) is 4.98 Å². The summed E-state index contributed by atoms with van der Waals surface area (Å²) in [5.74, 6) is 0.816. The molecule has 0 aliphatic carbocycles. The second-order valence-corrected chi connectivity index (χ2v) is 7.66. The van der Waals surface area contributed by atoms with Crippen molar-refractivity contribution in [3.63, 3.8) is 0 Å². The molecule has 31 heavy (non-hydrogen) atoms. The van der Waals surface area contributed by atoms with Gasteiger partial charge in [-0.15, -0.1) is 11.3 Å². The number of carbonyl (C=O) groups is 2. The first-order valence-electron chi connectivity index (χ1n) is 9.67. The fraction of sp³-hybridized carbons (Fsp3) is 0.174. The standard InChI is InChI=1S/C23H21N3O4S/c1-4-21(27)26-8-7-15-9-14(5-6-20(15)26)19-13-31-23(24-19)25-22(28)16-10-17(29-2)12-18(11-16)30-3/h5-13H,4H2,1-3H3,(H,24,25,28). The van der Waals surface area contributed by atoms with E-state index in [1.54, 1.807) is 29.0 Å². The van der Waals surface area contributed by atoms with Gasteiger partial charge in [-0.05, 0) is 30.3 Å². The summed E-state index contributed by atoms with van der Waals surface area (Å²) >= 11 is 1.34. The molecule has 0 unspecified atom stereocenters. The molecule has 0 atom stereocenters. The maximum absolute atomic E-state index is 12.7. The molecule has 2 aromatic heterocycles. The van der Waals surface area contributed by atoms with Gasteiger partial charge in [-0.2, -0.15) is 0 Å². The largest absolute Gasteiger partial charge is 0.497 e. The third-order valence-corrected chi connectivity index (χ3v) is 5.65. The van der Waals surface area contributed by atoms with Crippen LogP contribution in [0.2, 0.25) is 0 Å². The molecular formula is C23H21N3O4S. The van der Waals surface area contributed by atoms with E-state index < -0.39 is 0 Å². The van der Waals surface area contributed by atoms with E-state index >= 15 is 0 Å². The van der Waals surface area contributed by atoms with E-state index in [9.17, 15) is 9.59 Å². The number of methoxy groups -OCH3 is 2. The number of amides is 1. The molecule has 158 valence electrons. The van der Waals surface area contributed by atoms with Crippen molar-refractivity contribution in [3.05, 3.63) is 59.6 Å². The van der Waals surface area contributed by atoms with E-state index in [-0.39, 0.29) is 11.8 Å². The van der Waals surface area contributed by atoms with E-state index in [1.165, 1.54) is 25.6 Å². The maximum atomic E-state index is 12.7. The molecule has 0 bridgehead atoms. The predicted molar refractivity (Wildman–Crippen MR) is 121 cm³/mol. The van der Waals surface area contributed by atoms with Gasteiger partial charge in [0.25, 0.3) is 5.91 Å². The van der Waals surface area contributed by atoms with Gasteiger partial charge in [-0.1, -0.05) is 13.0 Å². The minimum Gasteiger partial charge on any atom is -0.497 e. The van der Waals surface area contributed by atoms with Gasteiger partial charge in [0.2, 0.25) is 5.91 Å². The van der Waals surface area contributed by atoms with Gasteiger partial charge in [-0.3, -0.25) is 19.5 Å². The Balaban J connectivity index is 1.56. The number of ether oxygens (including phenoxy) is 2. The van der Waals surface area contributed by atoms with Crippen molar-refractivity contribution >= 4 is 39.2 Å². The van der Waals surface area contributed by atoms with Crippen molar-refractivity contribution in [2.24, 2.45) is 0 Å². The lowest BCUT2D eigenvalue weighted by atomic mass is 10.1. The van der Waals surface area contributed by atoms with Crippen LogP contribution in [0.3, 0.4) is 0 Å². The number of rotatable bonds is 6. The Kier molecular flexibility index (Phi) is 5.73. The third kappa shape index (κ3) is 4.15. The van der Waals surface area contributed by atoms with Crippen LogP contribution in [0, 0.1) is 0 Å². The van der Waals surface area contributed by atoms with Crippen LogP contribution in [0.25, 0.3) is 22.2 Å². The van der Waals surface area contributed by atoms with E-state index in [0.717, 1.165) is 22.2 Å². The Morgan fingerprint density at radius 2 is 1.81 bits per heavy atom. The number of benzene rings is 2. The lowest BCUT2D eigenvalue weighted by Gasteiger charge is -2.08. The van der Waals surface area contributed by atoms with Gasteiger partial charge < -0.3 is 9.47 Å². The van der Waals surface area contributed by atoms with Crippen molar-refractivity contribution in [1.29, 1.82) is 0 Å². The number of carbonyl (C=O) groups excluding carboxylic acids is 2. The Morgan fingerprint density at radius 1 is 1.06 bits per heavy atom. The van der Waals surface area contributed by atoms with Crippen LogP contribution in [0.5, 0.6) is 11.5 Å². The van der Waals surface area contributed by atoms with Gasteiger partial charge in [0.1, 0.15) is 11.5 Å². The molecule has 4 rings (SSSR count). The third-order valence-electron chi connectivity index (χ3n) is 4.90. The predicted octanol–water partition coefficient (Wildman–Crippen LogP) is 5.08. The first-order chi connectivity index (χ1) is 15.0. The first-order valence-corrected chi connectivity index (χ1v) is 10.5. The van der Waals surface area contributed by atoms with E-state index in [1.807, 2.05) is 36.6 Å². The lowest BCUT2D eigenvalue weighted by Crippen LogP contribution is -2.12. The first kappa shape index (κ1) is 20.6. The molecule has 2 aromatic carbocycles. The van der Waals surface area contributed by atoms with Crippen LogP contribution in [0.15, 0.2) is 54.0 Å². The molecule has 0 saturated heterocycles. The molecule has 0 fully saturated rings. The Hall–Kier alpha value is -3.65. The second kappa shape index (κ2) is 8.61.